The van der Waals surface area contributed by atoms with Gasteiger partial charge in [0.15, 0.2) is 5.78 Å². The summed E-state index contributed by atoms with van der Waals surface area (Å²) in [6, 6.07) is 3.30. The molecule has 3 rings (SSSR count). The quantitative estimate of drug-likeness (QED) is 0.752. The van der Waals surface area contributed by atoms with Crippen LogP contribution in [0.3, 0.4) is 0 Å². The summed E-state index contributed by atoms with van der Waals surface area (Å²) in [4.78, 5) is 31.8. The van der Waals surface area contributed by atoms with Gasteiger partial charge in [0.2, 0.25) is 0 Å². The van der Waals surface area contributed by atoms with Gasteiger partial charge in [-0.1, -0.05) is 6.07 Å². The van der Waals surface area contributed by atoms with Crippen molar-refractivity contribution in [1.29, 1.82) is 0 Å². The van der Waals surface area contributed by atoms with Gasteiger partial charge in [-0.15, -0.1) is 0 Å². The van der Waals surface area contributed by atoms with Crippen LogP contribution >= 0.6 is 15.9 Å². The lowest BCUT2D eigenvalue weighted by molar-refractivity contribution is -0.123. The number of carbonyl (C=O) groups excluding carboxylic acids is 2. The van der Waals surface area contributed by atoms with Crippen molar-refractivity contribution in [3.63, 3.8) is 0 Å². The maximum atomic E-state index is 13.0. The number of amides is 1. The van der Waals surface area contributed by atoms with Crippen molar-refractivity contribution in [2.24, 2.45) is 11.1 Å². The monoisotopic (exact) mass is 423 g/mol. The number of nitrogens with zero attached hydrogens (tertiary/aromatic N) is 2. The molecule has 7 heteroatoms. The van der Waals surface area contributed by atoms with Crippen LogP contribution < -0.4 is 5.73 Å². The van der Waals surface area contributed by atoms with Crippen molar-refractivity contribution in [2.75, 3.05) is 6.54 Å². The van der Waals surface area contributed by atoms with E-state index in [9.17, 15) is 9.59 Å². The van der Waals surface area contributed by atoms with E-state index in [1.807, 2.05) is 39.8 Å². The van der Waals surface area contributed by atoms with Crippen molar-refractivity contribution < 1.29 is 14.3 Å². The highest BCUT2D eigenvalue weighted by atomic mass is 79.9. The Morgan fingerprint density at radius 3 is 2.69 bits per heavy atom. The number of Topliss-reactive ketones (excluding diaryl/α,β-unsaturated/α-hetero) is 1. The van der Waals surface area contributed by atoms with Gasteiger partial charge in [-0.25, -0.2) is 9.78 Å². The summed E-state index contributed by atoms with van der Waals surface area (Å²) >= 11 is 3.35. The number of ketones is 1. The van der Waals surface area contributed by atoms with Crippen LogP contribution in [0.4, 0.5) is 4.79 Å². The molecule has 1 aliphatic heterocycles. The second-order valence-corrected chi connectivity index (χ2v) is 9.25. The van der Waals surface area contributed by atoms with E-state index < -0.39 is 17.7 Å². The van der Waals surface area contributed by atoms with Crippen LogP contribution in [-0.4, -0.2) is 46.0 Å². The Bertz CT molecular complexity index is 746. The molecule has 1 aromatic heterocycles. The largest absolute Gasteiger partial charge is 0.444 e. The van der Waals surface area contributed by atoms with Gasteiger partial charge in [-0.05, 0) is 68.1 Å². The molecule has 1 saturated heterocycles. The summed E-state index contributed by atoms with van der Waals surface area (Å²) < 4.78 is 6.25. The zero-order valence-corrected chi connectivity index (χ0v) is 17.3. The Labute approximate surface area is 162 Å². The Morgan fingerprint density at radius 2 is 2.08 bits per heavy atom. The Balaban J connectivity index is 1.81. The smallest absolute Gasteiger partial charge is 0.411 e. The molecule has 2 N–H and O–H groups in total. The van der Waals surface area contributed by atoms with Crippen LogP contribution in [0.5, 0.6) is 0 Å². The number of rotatable bonds is 4. The zero-order valence-electron chi connectivity index (χ0n) is 15.7. The van der Waals surface area contributed by atoms with Crippen LogP contribution in [0.2, 0.25) is 0 Å². The molecule has 0 aromatic carbocycles. The Kier molecular flexibility index (Phi) is 4.90. The minimum absolute atomic E-state index is 0.00728. The molecule has 0 radical (unpaired) electrons. The van der Waals surface area contributed by atoms with Crippen LogP contribution in [0.15, 0.2) is 16.7 Å². The van der Waals surface area contributed by atoms with Gasteiger partial charge in [0.25, 0.3) is 0 Å². The molecule has 2 fully saturated rings. The average molecular weight is 424 g/mol. The van der Waals surface area contributed by atoms with Crippen molar-refractivity contribution in [3.8, 4) is 0 Å². The molecule has 6 nitrogen and oxygen atoms in total. The second-order valence-electron chi connectivity index (χ2n) is 8.43. The standard InChI is InChI=1S/C19H26BrN3O3/c1-11-5-6-16(20)22-12(11)7-14(24)13-8-19(10-21)9-15(19)23(13)17(25)26-18(2,3)4/h5-6,13,15H,7-10,21H2,1-4H3/t13-,15+,19-/m0/s1. The predicted molar refractivity (Wildman–Crippen MR) is 102 cm³/mol. The fourth-order valence-corrected chi connectivity index (χ4v) is 4.13. The summed E-state index contributed by atoms with van der Waals surface area (Å²) in [5.41, 5.74) is 6.91. The number of fused-ring (bicyclic) bond motifs is 1. The number of hydrogen-bond donors (Lipinski definition) is 1. The third-order valence-electron chi connectivity index (χ3n) is 5.31. The summed E-state index contributed by atoms with van der Waals surface area (Å²) in [6.45, 7) is 7.90. The first-order valence-electron chi connectivity index (χ1n) is 8.92. The number of carbonyl (C=O) groups is 2. The summed E-state index contributed by atoms with van der Waals surface area (Å²) in [6.07, 6.45) is 1.23. The third kappa shape index (κ3) is 3.64. The number of aryl methyl sites for hydroxylation is 1. The number of hydrogen-bond acceptors (Lipinski definition) is 5. The van der Waals surface area contributed by atoms with Gasteiger partial charge < -0.3 is 10.5 Å². The SMILES string of the molecule is Cc1ccc(Br)nc1CC(=O)[C@@H]1C[C@@]2(CN)C[C@H]2N1C(=O)OC(C)(C)C. The number of likely N-dealkylation sites (tertiary alicyclic amines) is 1. The van der Waals surface area contributed by atoms with Crippen LogP contribution in [0, 0.1) is 12.3 Å². The first-order chi connectivity index (χ1) is 12.1. The number of halogens is 1. The zero-order chi connectivity index (χ0) is 19.3. The number of piperidine rings is 1. The first-order valence-corrected chi connectivity index (χ1v) is 9.72. The first kappa shape index (κ1) is 19.3. The molecule has 0 bridgehead atoms. The summed E-state index contributed by atoms with van der Waals surface area (Å²) in [5.74, 6) is -0.00964. The van der Waals surface area contributed by atoms with Crippen LogP contribution in [0.1, 0.15) is 44.9 Å². The highest BCUT2D eigenvalue weighted by molar-refractivity contribution is 9.10. The molecule has 1 amide bonds. The van der Waals surface area contributed by atoms with Gasteiger partial charge in [0, 0.05) is 18.0 Å². The molecular formula is C19H26BrN3O3. The van der Waals surface area contributed by atoms with E-state index in [0.29, 0.717) is 17.6 Å². The number of nitrogens with two attached hydrogens (primary N) is 1. The fourth-order valence-electron chi connectivity index (χ4n) is 3.79. The fraction of sp³-hybridized carbons (Fsp3) is 0.632. The van der Waals surface area contributed by atoms with E-state index in [1.54, 1.807) is 4.90 Å². The summed E-state index contributed by atoms with van der Waals surface area (Å²) in [7, 11) is 0. The second kappa shape index (κ2) is 6.60. The minimum atomic E-state index is -0.601. The van der Waals surface area contributed by atoms with E-state index in [4.69, 9.17) is 10.5 Å². The van der Waals surface area contributed by atoms with Crippen molar-refractivity contribution in [1.82, 2.24) is 9.88 Å². The lowest BCUT2D eigenvalue weighted by atomic mass is 9.95. The van der Waals surface area contributed by atoms with E-state index >= 15 is 0 Å². The highest BCUT2D eigenvalue weighted by Crippen LogP contribution is 2.59. The van der Waals surface area contributed by atoms with Gasteiger partial charge >= 0.3 is 6.09 Å². The number of pyridine rings is 1. The van der Waals surface area contributed by atoms with E-state index in [-0.39, 0.29) is 23.7 Å². The maximum Gasteiger partial charge on any atom is 0.411 e. The number of ether oxygens (including phenoxy) is 1. The molecule has 1 aliphatic carbocycles. The maximum absolute atomic E-state index is 13.0. The Hall–Kier alpha value is -1.47. The predicted octanol–water partition coefficient (Wildman–Crippen LogP) is 2.99. The molecule has 1 saturated carbocycles. The van der Waals surface area contributed by atoms with E-state index in [1.165, 1.54) is 0 Å². The van der Waals surface area contributed by atoms with Gasteiger partial charge in [0.05, 0.1) is 18.2 Å². The van der Waals surface area contributed by atoms with Crippen LogP contribution in [-0.2, 0) is 16.0 Å². The molecule has 1 aromatic rings. The molecule has 2 aliphatic rings. The van der Waals surface area contributed by atoms with Gasteiger partial charge in [0.1, 0.15) is 10.2 Å². The average Bonchev–Trinajstić information content (AvgIpc) is 3.14. The molecule has 0 unspecified atom stereocenters. The molecule has 2 heterocycles. The molecular weight excluding hydrogens is 398 g/mol. The number of aromatic nitrogens is 1. The lowest BCUT2D eigenvalue weighted by Gasteiger charge is -2.29. The molecule has 3 atom stereocenters. The summed E-state index contributed by atoms with van der Waals surface area (Å²) in [5, 5.41) is 0. The third-order valence-corrected chi connectivity index (χ3v) is 5.75. The van der Waals surface area contributed by atoms with E-state index in [2.05, 4.69) is 20.9 Å². The topological polar surface area (TPSA) is 85.5 Å². The van der Waals surface area contributed by atoms with E-state index in [0.717, 1.165) is 17.7 Å². The minimum Gasteiger partial charge on any atom is -0.444 e. The molecule has 142 valence electrons. The van der Waals surface area contributed by atoms with Crippen molar-refractivity contribution >= 4 is 27.8 Å². The highest BCUT2D eigenvalue weighted by Gasteiger charge is 2.66. The van der Waals surface area contributed by atoms with Crippen molar-refractivity contribution in [2.45, 2.75) is 64.6 Å². The normalized spacial score (nSPS) is 27.2. The van der Waals surface area contributed by atoms with Gasteiger partial charge in [-0.3, -0.25) is 9.69 Å². The lowest BCUT2D eigenvalue weighted by Crippen LogP contribution is -2.46. The molecule has 26 heavy (non-hydrogen) atoms. The Morgan fingerprint density at radius 1 is 1.38 bits per heavy atom. The van der Waals surface area contributed by atoms with Crippen molar-refractivity contribution in [3.05, 3.63) is 28.0 Å². The van der Waals surface area contributed by atoms with Gasteiger partial charge in [-0.2, -0.15) is 0 Å². The molecule has 0 spiro atoms. The van der Waals surface area contributed by atoms with Crippen LogP contribution in [0.25, 0.3) is 0 Å².